The van der Waals surface area contributed by atoms with Crippen LogP contribution in [0.15, 0.2) is 24.3 Å². The van der Waals surface area contributed by atoms with E-state index < -0.39 is 17.5 Å². The Labute approximate surface area is 121 Å². The quantitative estimate of drug-likeness (QED) is 0.829. The van der Waals surface area contributed by atoms with Gasteiger partial charge in [0.15, 0.2) is 0 Å². The van der Waals surface area contributed by atoms with E-state index in [0.29, 0.717) is 0 Å². The first-order chi connectivity index (χ1) is 9.10. The van der Waals surface area contributed by atoms with Crippen molar-refractivity contribution in [3.8, 4) is 0 Å². The largest absolute Gasteiger partial charge is 0.481 e. The van der Waals surface area contributed by atoms with Crippen molar-refractivity contribution >= 4 is 5.97 Å². The highest BCUT2D eigenvalue weighted by Gasteiger charge is 2.30. The number of carboxylic acids is 1. The highest BCUT2D eigenvalue weighted by atomic mass is 16.4. The SMILES string of the molecule is CCC(C)(C)c1ccc(C(O)CC(C)(C)C(=O)O)cc1. The Morgan fingerprint density at radius 1 is 1.15 bits per heavy atom. The van der Waals surface area contributed by atoms with Gasteiger partial charge in [-0.15, -0.1) is 0 Å². The molecule has 0 fully saturated rings. The second-order valence-electron chi connectivity index (χ2n) is 6.77. The lowest BCUT2D eigenvalue weighted by atomic mass is 9.81. The maximum absolute atomic E-state index is 11.1. The number of benzene rings is 1. The normalized spacial score (nSPS) is 14.1. The van der Waals surface area contributed by atoms with E-state index in [-0.39, 0.29) is 11.8 Å². The van der Waals surface area contributed by atoms with Crippen LogP contribution in [0.1, 0.15) is 64.7 Å². The van der Waals surface area contributed by atoms with Crippen molar-refractivity contribution in [1.29, 1.82) is 0 Å². The van der Waals surface area contributed by atoms with Gasteiger partial charge in [0.1, 0.15) is 0 Å². The highest BCUT2D eigenvalue weighted by molar-refractivity contribution is 5.73. The lowest BCUT2D eigenvalue weighted by Gasteiger charge is -2.25. The predicted octanol–water partition coefficient (Wildman–Crippen LogP) is 3.91. The molecule has 0 aliphatic carbocycles. The van der Waals surface area contributed by atoms with Crippen molar-refractivity contribution < 1.29 is 15.0 Å². The molecular weight excluding hydrogens is 252 g/mol. The first kappa shape index (κ1) is 16.7. The predicted molar refractivity (Wildman–Crippen MR) is 80.8 cm³/mol. The van der Waals surface area contributed by atoms with Crippen LogP contribution in [0.25, 0.3) is 0 Å². The van der Waals surface area contributed by atoms with Crippen molar-refractivity contribution in [2.45, 2.75) is 59.0 Å². The van der Waals surface area contributed by atoms with E-state index in [9.17, 15) is 9.90 Å². The van der Waals surface area contributed by atoms with Gasteiger partial charge in [-0.3, -0.25) is 4.79 Å². The number of carboxylic acid groups (broad SMARTS) is 1. The minimum Gasteiger partial charge on any atom is -0.481 e. The molecule has 0 aliphatic rings. The van der Waals surface area contributed by atoms with E-state index in [4.69, 9.17) is 5.11 Å². The fourth-order valence-electron chi connectivity index (χ4n) is 2.05. The fourth-order valence-corrected chi connectivity index (χ4v) is 2.05. The van der Waals surface area contributed by atoms with Crippen LogP contribution in [0.5, 0.6) is 0 Å². The first-order valence-electron chi connectivity index (χ1n) is 7.12. The fraction of sp³-hybridized carbons (Fsp3) is 0.588. The minimum absolute atomic E-state index is 0.115. The smallest absolute Gasteiger partial charge is 0.309 e. The molecule has 0 bridgehead atoms. The average molecular weight is 278 g/mol. The molecular formula is C17H26O3. The number of hydrogen-bond donors (Lipinski definition) is 2. The summed E-state index contributed by atoms with van der Waals surface area (Å²) >= 11 is 0. The standard InChI is InChI=1S/C17H26O3/c1-6-16(2,3)13-9-7-12(8-10-13)14(18)11-17(4,5)15(19)20/h7-10,14,18H,6,11H2,1-5H3,(H,19,20). The number of carbonyl (C=O) groups is 1. The third-order valence-electron chi connectivity index (χ3n) is 4.24. The lowest BCUT2D eigenvalue weighted by molar-refractivity contribution is -0.148. The Bertz CT molecular complexity index is 458. The topological polar surface area (TPSA) is 57.5 Å². The maximum Gasteiger partial charge on any atom is 0.309 e. The summed E-state index contributed by atoms with van der Waals surface area (Å²) < 4.78 is 0. The van der Waals surface area contributed by atoms with E-state index in [1.165, 1.54) is 5.56 Å². The maximum atomic E-state index is 11.1. The van der Waals surface area contributed by atoms with Crippen LogP contribution in [-0.2, 0) is 10.2 Å². The zero-order valence-electron chi connectivity index (χ0n) is 13.1. The summed E-state index contributed by atoms with van der Waals surface area (Å²) in [7, 11) is 0. The van der Waals surface area contributed by atoms with Gasteiger partial charge in [-0.1, -0.05) is 45.0 Å². The molecule has 112 valence electrons. The number of hydrogen-bond acceptors (Lipinski definition) is 2. The van der Waals surface area contributed by atoms with E-state index in [2.05, 4.69) is 20.8 Å². The van der Waals surface area contributed by atoms with Crippen LogP contribution in [0, 0.1) is 5.41 Å². The number of rotatable bonds is 6. The molecule has 1 aromatic carbocycles. The Balaban J connectivity index is 2.86. The van der Waals surface area contributed by atoms with Gasteiger partial charge in [-0.2, -0.15) is 0 Å². The molecule has 0 radical (unpaired) electrons. The molecule has 1 aromatic rings. The molecule has 1 unspecified atom stereocenters. The Hall–Kier alpha value is -1.35. The molecule has 0 amide bonds. The molecule has 0 heterocycles. The van der Waals surface area contributed by atoms with Gasteiger partial charge < -0.3 is 10.2 Å². The third-order valence-corrected chi connectivity index (χ3v) is 4.24. The molecule has 0 saturated carbocycles. The van der Waals surface area contributed by atoms with Crippen molar-refractivity contribution in [2.24, 2.45) is 5.41 Å². The first-order valence-corrected chi connectivity index (χ1v) is 7.12. The molecule has 0 saturated heterocycles. The molecule has 1 rings (SSSR count). The molecule has 0 spiro atoms. The highest BCUT2D eigenvalue weighted by Crippen LogP contribution is 2.32. The Morgan fingerprint density at radius 3 is 2.05 bits per heavy atom. The van der Waals surface area contributed by atoms with Crippen LogP contribution in [0.3, 0.4) is 0 Å². The number of aliphatic hydroxyl groups excluding tert-OH is 1. The van der Waals surface area contributed by atoms with Crippen LogP contribution < -0.4 is 0 Å². The van der Waals surface area contributed by atoms with Crippen molar-refractivity contribution in [2.75, 3.05) is 0 Å². The van der Waals surface area contributed by atoms with Gasteiger partial charge in [0.05, 0.1) is 11.5 Å². The summed E-state index contributed by atoms with van der Waals surface area (Å²) in [5.74, 6) is -0.889. The number of aliphatic carboxylic acids is 1. The van der Waals surface area contributed by atoms with Crippen LogP contribution >= 0.6 is 0 Å². The Morgan fingerprint density at radius 2 is 1.65 bits per heavy atom. The summed E-state index contributed by atoms with van der Waals surface area (Å²) in [4.78, 5) is 11.1. The summed E-state index contributed by atoms with van der Waals surface area (Å²) in [6.07, 6.45) is 0.500. The average Bonchev–Trinajstić information content (AvgIpc) is 2.38. The molecule has 1 atom stereocenters. The molecule has 2 N–H and O–H groups in total. The van der Waals surface area contributed by atoms with Crippen LogP contribution in [0.4, 0.5) is 0 Å². The third kappa shape index (κ3) is 3.83. The zero-order valence-corrected chi connectivity index (χ0v) is 13.1. The summed E-state index contributed by atoms with van der Waals surface area (Å²) in [6.45, 7) is 9.79. The van der Waals surface area contributed by atoms with Crippen LogP contribution in [0.2, 0.25) is 0 Å². The molecule has 0 aliphatic heterocycles. The summed E-state index contributed by atoms with van der Waals surface area (Å²) in [6, 6.07) is 7.84. The molecule has 3 nitrogen and oxygen atoms in total. The molecule has 0 aromatic heterocycles. The van der Waals surface area contributed by atoms with Crippen molar-refractivity contribution in [3.63, 3.8) is 0 Å². The van der Waals surface area contributed by atoms with E-state index >= 15 is 0 Å². The minimum atomic E-state index is -0.930. The molecule has 20 heavy (non-hydrogen) atoms. The van der Waals surface area contributed by atoms with Crippen molar-refractivity contribution in [3.05, 3.63) is 35.4 Å². The summed E-state index contributed by atoms with van der Waals surface area (Å²) in [5, 5.41) is 19.3. The molecule has 3 heteroatoms. The van der Waals surface area contributed by atoms with Gasteiger partial charge in [0.2, 0.25) is 0 Å². The van der Waals surface area contributed by atoms with E-state index in [0.717, 1.165) is 12.0 Å². The van der Waals surface area contributed by atoms with E-state index in [1.54, 1.807) is 13.8 Å². The monoisotopic (exact) mass is 278 g/mol. The van der Waals surface area contributed by atoms with Crippen molar-refractivity contribution in [1.82, 2.24) is 0 Å². The van der Waals surface area contributed by atoms with Gasteiger partial charge in [-0.05, 0) is 43.2 Å². The lowest BCUT2D eigenvalue weighted by Crippen LogP contribution is -2.26. The van der Waals surface area contributed by atoms with Gasteiger partial charge in [0.25, 0.3) is 0 Å². The van der Waals surface area contributed by atoms with Gasteiger partial charge in [-0.25, -0.2) is 0 Å². The van der Waals surface area contributed by atoms with Gasteiger partial charge in [0, 0.05) is 0 Å². The zero-order chi connectivity index (χ0) is 15.6. The second-order valence-corrected chi connectivity index (χ2v) is 6.77. The van der Waals surface area contributed by atoms with Gasteiger partial charge >= 0.3 is 5.97 Å². The van der Waals surface area contributed by atoms with E-state index in [1.807, 2.05) is 24.3 Å². The number of aliphatic hydroxyl groups is 1. The second kappa shape index (κ2) is 5.96. The summed E-state index contributed by atoms with van der Waals surface area (Å²) in [5.41, 5.74) is 1.19. The Kier molecular flexibility index (Phi) is 4.98. The van der Waals surface area contributed by atoms with Crippen LogP contribution in [-0.4, -0.2) is 16.2 Å².